The number of hydrogen-bond donors (Lipinski definition) is 1. The Morgan fingerprint density at radius 3 is 2.52 bits per heavy atom. The standard InChI is InChI=1S/C17H16N2O2/c1-10-7-14-16(15(20)8-10)11(2)9-19(14)13-5-3-12(4-6-13)17(18)21/h3-6,9H,1,7-8H2,2H3,(H2,18,21). The van der Waals surface area contributed by atoms with Crippen molar-refractivity contribution < 1.29 is 9.59 Å². The van der Waals surface area contributed by atoms with E-state index in [2.05, 4.69) is 6.58 Å². The van der Waals surface area contributed by atoms with Crippen molar-refractivity contribution >= 4 is 11.7 Å². The summed E-state index contributed by atoms with van der Waals surface area (Å²) in [5, 5.41) is 0. The number of nitrogens with two attached hydrogens (primary N) is 1. The highest BCUT2D eigenvalue weighted by molar-refractivity contribution is 6.01. The number of benzene rings is 1. The van der Waals surface area contributed by atoms with Crippen molar-refractivity contribution in [3.63, 3.8) is 0 Å². The molecule has 0 atom stereocenters. The lowest BCUT2D eigenvalue weighted by Gasteiger charge is -2.17. The van der Waals surface area contributed by atoms with Crippen LogP contribution in [0.4, 0.5) is 0 Å². The molecule has 0 bridgehead atoms. The summed E-state index contributed by atoms with van der Waals surface area (Å²) in [4.78, 5) is 23.3. The van der Waals surface area contributed by atoms with Gasteiger partial charge in [-0.1, -0.05) is 12.2 Å². The SMILES string of the molecule is C=C1CC(=O)c2c(C)cn(-c3ccc(C(N)=O)cc3)c2C1. The minimum absolute atomic E-state index is 0.131. The van der Waals surface area contributed by atoms with Gasteiger partial charge in [0.05, 0.1) is 0 Å². The molecule has 1 heterocycles. The molecule has 0 radical (unpaired) electrons. The number of aromatic nitrogens is 1. The first-order valence-electron chi connectivity index (χ1n) is 6.78. The summed E-state index contributed by atoms with van der Waals surface area (Å²) in [6.07, 6.45) is 3.09. The average molecular weight is 280 g/mol. The summed E-state index contributed by atoms with van der Waals surface area (Å²) in [6, 6.07) is 7.06. The molecule has 0 saturated heterocycles. The highest BCUT2D eigenvalue weighted by Gasteiger charge is 2.25. The van der Waals surface area contributed by atoms with Gasteiger partial charge in [-0.05, 0) is 36.8 Å². The van der Waals surface area contributed by atoms with E-state index in [1.165, 1.54) is 0 Å². The Balaban J connectivity index is 2.11. The van der Waals surface area contributed by atoms with E-state index in [-0.39, 0.29) is 5.78 Å². The molecule has 1 amide bonds. The maximum absolute atomic E-state index is 12.2. The van der Waals surface area contributed by atoms with Gasteiger partial charge in [0.25, 0.3) is 0 Å². The molecule has 3 rings (SSSR count). The van der Waals surface area contributed by atoms with Gasteiger partial charge in [0.2, 0.25) is 5.91 Å². The fraction of sp³-hybridized carbons (Fsp3) is 0.176. The molecule has 0 unspecified atom stereocenters. The van der Waals surface area contributed by atoms with Gasteiger partial charge in [0.15, 0.2) is 5.78 Å². The summed E-state index contributed by atoms with van der Waals surface area (Å²) in [7, 11) is 0. The van der Waals surface area contributed by atoms with Crippen LogP contribution in [-0.2, 0) is 6.42 Å². The predicted molar refractivity (Wildman–Crippen MR) is 80.8 cm³/mol. The molecule has 0 fully saturated rings. The first-order chi connectivity index (χ1) is 9.97. The lowest BCUT2D eigenvalue weighted by atomic mass is 9.91. The van der Waals surface area contributed by atoms with Gasteiger partial charge in [-0.2, -0.15) is 0 Å². The zero-order chi connectivity index (χ0) is 15.1. The number of amides is 1. The maximum atomic E-state index is 12.2. The Bertz CT molecular complexity index is 767. The van der Waals surface area contributed by atoms with Crippen molar-refractivity contribution in [1.29, 1.82) is 0 Å². The largest absolute Gasteiger partial charge is 0.366 e. The summed E-state index contributed by atoms with van der Waals surface area (Å²) < 4.78 is 2.00. The second-order valence-electron chi connectivity index (χ2n) is 5.44. The molecular formula is C17H16N2O2. The maximum Gasteiger partial charge on any atom is 0.248 e. The van der Waals surface area contributed by atoms with E-state index >= 15 is 0 Å². The predicted octanol–water partition coefficient (Wildman–Crippen LogP) is 2.57. The highest BCUT2D eigenvalue weighted by atomic mass is 16.1. The van der Waals surface area contributed by atoms with Crippen LogP contribution in [0.2, 0.25) is 0 Å². The van der Waals surface area contributed by atoms with Crippen LogP contribution >= 0.6 is 0 Å². The Morgan fingerprint density at radius 2 is 1.90 bits per heavy atom. The molecule has 1 aromatic carbocycles. The molecule has 1 aliphatic rings. The molecule has 21 heavy (non-hydrogen) atoms. The van der Waals surface area contributed by atoms with Crippen LogP contribution in [0.25, 0.3) is 5.69 Å². The quantitative estimate of drug-likeness (QED) is 0.859. The van der Waals surface area contributed by atoms with Crippen LogP contribution in [-0.4, -0.2) is 16.3 Å². The lowest BCUT2D eigenvalue weighted by molar-refractivity contribution is 0.0983. The Labute approximate surface area is 122 Å². The molecule has 106 valence electrons. The molecule has 0 aliphatic heterocycles. The fourth-order valence-corrected chi connectivity index (χ4v) is 2.87. The van der Waals surface area contributed by atoms with Crippen LogP contribution in [0.5, 0.6) is 0 Å². The van der Waals surface area contributed by atoms with E-state index in [0.29, 0.717) is 18.4 Å². The molecular weight excluding hydrogens is 264 g/mol. The van der Waals surface area contributed by atoms with E-state index < -0.39 is 5.91 Å². The number of ketones is 1. The third-order valence-electron chi connectivity index (χ3n) is 3.83. The van der Waals surface area contributed by atoms with Crippen molar-refractivity contribution in [2.75, 3.05) is 0 Å². The monoisotopic (exact) mass is 280 g/mol. The first kappa shape index (κ1) is 13.4. The van der Waals surface area contributed by atoms with Gasteiger partial charge in [0, 0.05) is 41.5 Å². The van der Waals surface area contributed by atoms with Crippen molar-refractivity contribution in [1.82, 2.24) is 4.57 Å². The first-order valence-corrected chi connectivity index (χ1v) is 6.78. The van der Waals surface area contributed by atoms with Gasteiger partial charge in [-0.25, -0.2) is 0 Å². The minimum atomic E-state index is -0.448. The number of aryl methyl sites for hydroxylation is 1. The summed E-state index contributed by atoms with van der Waals surface area (Å²) in [5.74, 6) is -0.318. The molecule has 4 heteroatoms. The fourth-order valence-electron chi connectivity index (χ4n) is 2.87. The van der Waals surface area contributed by atoms with E-state index in [0.717, 1.165) is 28.1 Å². The van der Waals surface area contributed by atoms with Crippen LogP contribution in [0.15, 0.2) is 42.6 Å². The zero-order valence-electron chi connectivity index (χ0n) is 11.8. The van der Waals surface area contributed by atoms with E-state index in [9.17, 15) is 9.59 Å². The lowest BCUT2D eigenvalue weighted by Crippen LogP contribution is -2.15. The second kappa shape index (κ2) is 4.74. The number of rotatable bonds is 2. The highest BCUT2D eigenvalue weighted by Crippen LogP contribution is 2.30. The van der Waals surface area contributed by atoms with Gasteiger partial charge >= 0.3 is 0 Å². The smallest absolute Gasteiger partial charge is 0.248 e. The topological polar surface area (TPSA) is 65.1 Å². The van der Waals surface area contributed by atoms with E-state index in [1.54, 1.807) is 12.1 Å². The summed E-state index contributed by atoms with van der Waals surface area (Å²) in [6.45, 7) is 5.89. The average Bonchev–Trinajstić information content (AvgIpc) is 2.76. The number of allylic oxidation sites excluding steroid dienone is 1. The van der Waals surface area contributed by atoms with Crippen LogP contribution in [0.1, 0.15) is 38.4 Å². The Morgan fingerprint density at radius 1 is 1.24 bits per heavy atom. The number of carbonyl (C=O) groups is 2. The molecule has 4 nitrogen and oxygen atoms in total. The minimum Gasteiger partial charge on any atom is -0.366 e. The van der Waals surface area contributed by atoms with Gasteiger partial charge in [0.1, 0.15) is 0 Å². The van der Waals surface area contributed by atoms with E-state index in [4.69, 9.17) is 5.73 Å². The summed E-state index contributed by atoms with van der Waals surface area (Å²) in [5.41, 5.74) is 10.3. The second-order valence-corrected chi connectivity index (χ2v) is 5.44. The third kappa shape index (κ3) is 2.18. The van der Waals surface area contributed by atoms with Crippen molar-refractivity contribution in [2.24, 2.45) is 5.73 Å². The van der Waals surface area contributed by atoms with E-state index in [1.807, 2.05) is 29.8 Å². The number of fused-ring (bicyclic) bond motifs is 1. The molecule has 0 saturated carbocycles. The number of primary amides is 1. The van der Waals surface area contributed by atoms with Crippen LogP contribution in [0.3, 0.4) is 0 Å². The molecule has 2 N–H and O–H groups in total. The molecule has 1 aliphatic carbocycles. The Hall–Kier alpha value is -2.62. The number of hydrogen-bond acceptors (Lipinski definition) is 2. The van der Waals surface area contributed by atoms with Gasteiger partial charge < -0.3 is 10.3 Å². The molecule has 0 spiro atoms. The van der Waals surface area contributed by atoms with Crippen molar-refractivity contribution in [2.45, 2.75) is 19.8 Å². The van der Waals surface area contributed by atoms with Crippen LogP contribution < -0.4 is 5.73 Å². The third-order valence-corrected chi connectivity index (χ3v) is 3.83. The Kier molecular flexibility index (Phi) is 3.01. The molecule has 2 aromatic rings. The van der Waals surface area contributed by atoms with Gasteiger partial charge in [-0.15, -0.1) is 0 Å². The van der Waals surface area contributed by atoms with Crippen molar-refractivity contribution in [3.05, 3.63) is 65.0 Å². The number of carbonyl (C=O) groups excluding carboxylic acids is 2. The zero-order valence-corrected chi connectivity index (χ0v) is 11.8. The normalized spacial score (nSPS) is 14.1. The summed E-state index contributed by atoms with van der Waals surface area (Å²) >= 11 is 0. The van der Waals surface area contributed by atoms with Crippen LogP contribution in [0, 0.1) is 6.92 Å². The van der Waals surface area contributed by atoms with Gasteiger partial charge in [-0.3, -0.25) is 9.59 Å². The van der Waals surface area contributed by atoms with Crippen molar-refractivity contribution in [3.8, 4) is 5.69 Å². The number of Topliss-reactive ketones (excluding diaryl/α,β-unsaturated/α-hetero) is 1. The number of nitrogens with zero attached hydrogens (tertiary/aromatic N) is 1. The molecule has 1 aromatic heterocycles.